The summed E-state index contributed by atoms with van der Waals surface area (Å²) >= 11 is 0. The summed E-state index contributed by atoms with van der Waals surface area (Å²) < 4.78 is 5.12. The summed E-state index contributed by atoms with van der Waals surface area (Å²) in [5.74, 6) is 0.102. The van der Waals surface area contributed by atoms with Gasteiger partial charge in [0.1, 0.15) is 0 Å². The molecule has 90 valence electrons. The van der Waals surface area contributed by atoms with Crippen molar-refractivity contribution in [2.24, 2.45) is 5.92 Å². The van der Waals surface area contributed by atoms with Crippen LogP contribution >= 0.6 is 0 Å². The number of rotatable bonds is 6. The Morgan fingerprint density at radius 1 is 1.50 bits per heavy atom. The van der Waals surface area contributed by atoms with E-state index in [1.807, 2.05) is 0 Å². The highest BCUT2D eigenvalue weighted by molar-refractivity contribution is 5.84. The molecular weight excluding hydrogens is 206 g/mol. The van der Waals surface area contributed by atoms with E-state index in [-0.39, 0.29) is 11.8 Å². The fourth-order valence-electron chi connectivity index (χ4n) is 1.60. The van der Waals surface area contributed by atoms with Crippen molar-refractivity contribution < 1.29 is 14.3 Å². The average Bonchev–Trinajstić information content (AvgIpc) is 2.65. The number of anilines is 1. The van der Waals surface area contributed by atoms with Crippen LogP contribution in [0.15, 0.2) is 16.5 Å². The second-order valence-electron chi connectivity index (χ2n) is 4.26. The van der Waals surface area contributed by atoms with Crippen LogP contribution in [0, 0.1) is 5.92 Å². The quantitative estimate of drug-likeness (QED) is 0.780. The number of carboxylic acids is 1. The van der Waals surface area contributed by atoms with Crippen LogP contribution in [0.3, 0.4) is 0 Å². The number of hydrogen-bond donors (Lipinski definition) is 2. The molecule has 4 nitrogen and oxygen atoms in total. The lowest BCUT2D eigenvalue weighted by molar-refractivity contribution is 0.0663. The van der Waals surface area contributed by atoms with E-state index in [4.69, 9.17) is 9.52 Å². The lowest BCUT2D eigenvalue weighted by Gasteiger charge is -2.16. The van der Waals surface area contributed by atoms with Gasteiger partial charge in [0.25, 0.3) is 0 Å². The first kappa shape index (κ1) is 12.6. The minimum atomic E-state index is -1.04. The Bertz CT molecular complexity index is 346. The molecule has 2 unspecified atom stereocenters. The fourth-order valence-corrected chi connectivity index (χ4v) is 1.60. The van der Waals surface area contributed by atoms with Crippen LogP contribution in [-0.4, -0.2) is 17.1 Å². The van der Waals surface area contributed by atoms with Gasteiger partial charge in [0.2, 0.25) is 5.76 Å². The normalized spacial score (nSPS) is 14.4. The number of carbonyl (C=O) groups is 1. The smallest absolute Gasteiger partial charge is 0.371 e. The summed E-state index contributed by atoms with van der Waals surface area (Å²) in [4.78, 5) is 10.6. The average molecular weight is 225 g/mol. The van der Waals surface area contributed by atoms with Gasteiger partial charge in [-0.3, -0.25) is 0 Å². The lowest BCUT2D eigenvalue weighted by atomic mass is 10.0. The molecule has 2 N–H and O–H groups in total. The summed E-state index contributed by atoms with van der Waals surface area (Å²) in [7, 11) is 0. The minimum absolute atomic E-state index is 0.0294. The van der Waals surface area contributed by atoms with Crippen LogP contribution in [0.1, 0.15) is 44.2 Å². The number of carboxylic acid groups (broad SMARTS) is 1. The molecule has 0 saturated heterocycles. The van der Waals surface area contributed by atoms with Gasteiger partial charge in [0.05, 0.1) is 0 Å². The molecule has 0 radical (unpaired) electrons. The molecule has 0 fully saturated rings. The molecule has 0 aliphatic carbocycles. The van der Waals surface area contributed by atoms with Gasteiger partial charge in [-0.25, -0.2) is 4.79 Å². The second-order valence-corrected chi connectivity index (χ2v) is 4.26. The number of hydrogen-bond acceptors (Lipinski definition) is 3. The maximum Gasteiger partial charge on any atom is 0.371 e. The standard InChI is InChI=1S/C12H19NO3/c1-4-8(2)7-9(3)13-11-6-5-10(16-11)12(14)15/h5-6,8-9,13H,4,7H2,1-3H3,(H,14,15). The van der Waals surface area contributed by atoms with E-state index in [2.05, 4.69) is 26.1 Å². The third kappa shape index (κ3) is 3.61. The summed E-state index contributed by atoms with van der Waals surface area (Å²) in [6.45, 7) is 6.42. The van der Waals surface area contributed by atoms with Gasteiger partial charge in [0, 0.05) is 12.1 Å². The topological polar surface area (TPSA) is 62.5 Å². The molecule has 0 spiro atoms. The van der Waals surface area contributed by atoms with Gasteiger partial charge in [0.15, 0.2) is 5.88 Å². The minimum Gasteiger partial charge on any atom is -0.475 e. The summed E-state index contributed by atoms with van der Waals surface area (Å²) in [6.07, 6.45) is 2.18. The van der Waals surface area contributed by atoms with Crippen LogP contribution < -0.4 is 5.32 Å². The molecule has 1 heterocycles. The Morgan fingerprint density at radius 2 is 2.19 bits per heavy atom. The van der Waals surface area contributed by atoms with Crippen molar-refractivity contribution in [2.75, 3.05) is 5.32 Å². The monoisotopic (exact) mass is 225 g/mol. The van der Waals surface area contributed by atoms with Gasteiger partial charge >= 0.3 is 5.97 Å². The molecule has 0 aliphatic heterocycles. The molecule has 2 atom stereocenters. The Morgan fingerprint density at radius 3 is 2.69 bits per heavy atom. The Kier molecular flexibility index (Phi) is 4.40. The molecular formula is C12H19NO3. The zero-order valence-electron chi connectivity index (χ0n) is 9.99. The molecule has 0 saturated carbocycles. The lowest BCUT2D eigenvalue weighted by Crippen LogP contribution is -2.17. The van der Waals surface area contributed by atoms with Crippen LogP contribution in [0.2, 0.25) is 0 Å². The SMILES string of the molecule is CCC(C)CC(C)Nc1ccc(C(=O)O)o1. The molecule has 1 aromatic rings. The molecule has 4 heteroatoms. The van der Waals surface area contributed by atoms with Crippen molar-refractivity contribution in [1.29, 1.82) is 0 Å². The van der Waals surface area contributed by atoms with Crippen molar-refractivity contribution in [1.82, 2.24) is 0 Å². The van der Waals surface area contributed by atoms with Crippen LogP contribution in [0.25, 0.3) is 0 Å². The Hall–Kier alpha value is -1.45. The summed E-state index contributed by atoms with van der Waals surface area (Å²) in [5.41, 5.74) is 0. The zero-order chi connectivity index (χ0) is 12.1. The highest BCUT2D eigenvalue weighted by Gasteiger charge is 2.12. The molecule has 0 aliphatic rings. The van der Waals surface area contributed by atoms with Crippen molar-refractivity contribution in [3.8, 4) is 0 Å². The maximum atomic E-state index is 10.6. The predicted octanol–water partition coefficient (Wildman–Crippen LogP) is 3.21. The highest BCUT2D eigenvalue weighted by Crippen LogP contribution is 2.17. The number of furan rings is 1. The van der Waals surface area contributed by atoms with Gasteiger partial charge in [-0.15, -0.1) is 0 Å². The molecule has 16 heavy (non-hydrogen) atoms. The number of nitrogens with one attached hydrogen (secondary N) is 1. The van der Waals surface area contributed by atoms with Gasteiger partial charge < -0.3 is 14.8 Å². The van der Waals surface area contributed by atoms with Gasteiger partial charge in [-0.05, 0) is 25.3 Å². The van der Waals surface area contributed by atoms with Gasteiger partial charge in [-0.2, -0.15) is 0 Å². The molecule has 0 aromatic carbocycles. The van der Waals surface area contributed by atoms with E-state index in [0.717, 1.165) is 12.8 Å². The first-order valence-electron chi connectivity index (χ1n) is 5.62. The molecule has 1 aromatic heterocycles. The molecule has 0 amide bonds. The van der Waals surface area contributed by atoms with E-state index in [1.165, 1.54) is 6.07 Å². The van der Waals surface area contributed by atoms with Crippen LogP contribution in [0.4, 0.5) is 5.88 Å². The number of aromatic carboxylic acids is 1. The first-order chi connectivity index (χ1) is 7.52. The van der Waals surface area contributed by atoms with E-state index < -0.39 is 5.97 Å². The van der Waals surface area contributed by atoms with E-state index in [0.29, 0.717) is 11.8 Å². The van der Waals surface area contributed by atoms with E-state index in [9.17, 15) is 4.79 Å². The Balaban J connectivity index is 2.49. The largest absolute Gasteiger partial charge is 0.475 e. The third-order valence-corrected chi connectivity index (χ3v) is 2.66. The van der Waals surface area contributed by atoms with Crippen LogP contribution in [0.5, 0.6) is 0 Å². The van der Waals surface area contributed by atoms with Gasteiger partial charge in [-0.1, -0.05) is 20.3 Å². The summed E-state index contributed by atoms with van der Waals surface area (Å²) in [5, 5.41) is 11.8. The second kappa shape index (κ2) is 5.58. The first-order valence-corrected chi connectivity index (χ1v) is 5.62. The molecule has 1 rings (SSSR count). The predicted molar refractivity (Wildman–Crippen MR) is 62.8 cm³/mol. The third-order valence-electron chi connectivity index (χ3n) is 2.66. The van der Waals surface area contributed by atoms with Crippen molar-refractivity contribution in [3.05, 3.63) is 17.9 Å². The van der Waals surface area contributed by atoms with E-state index in [1.54, 1.807) is 6.07 Å². The van der Waals surface area contributed by atoms with Crippen molar-refractivity contribution in [2.45, 2.75) is 39.7 Å². The zero-order valence-corrected chi connectivity index (χ0v) is 9.99. The highest BCUT2D eigenvalue weighted by atomic mass is 16.4. The Labute approximate surface area is 95.7 Å². The van der Waals surface area contributed by atoms with Crippen LogP contribution in [-0.2, 0) is 0 Å². The van der Waals surface area contributed by atoms with E-state index >= 15 is 0 Å². The van der Waals surface area contributed by atoms with Crippen molar-refractivity contribution in [3.63, 3.8) is 0 Å². The fraction of sp³-hybridized carbons (Fsp3) is 0.583. The van der Waals surface area contributed by atoms with Crippen molar-refractivity contribution >= 4 is 11.9 Å². The molecule has 0 bridgehead atoms. The summed E-state index contributed by atoms with van der Waals surface area (Å²) in [6, 6.07) is 3.39. The maximum absolute atomic E-state index is 10.6.